The summed E-state index contributed by atoms with van der Waals surface area (Å²) in [6.45, 7) is 7.70. The molecule has 0 aliphatic carbocycles. The lowest BCUT2D eigenvalue weighted by atomic mass is 10.1. The number of fused-ring (bicyclic) bond motifs is 1. The minimum Gasteiger partial charge on any atom is -0.507 e. The molecule has 6 heteroatoms. The van der Waals surface area contributed by atoms with Crippen LogP contribution in [0.15, 0.2) is 18.2 Å². The number of hydrogen-bond acceptors (Lipinski definition) is 4. The Kier molecular flexibility index (Phi) is 2.84. The molecule has 2 aromatic rings. The Bertz CT molecular complexity index is 757. The second-order valence-corrected chi connectivity index (χ2v) is 5.29. The lowest BCUT2D eigenvalue weighted by Crippen LogP contribution is -1.96. The average molecular weight is 287 g/mol. The van der Waals surface area contributed by atoms with Crippen LogP contribution in [0.1, 0.15) is 15.9 Å². The van der Waals surface area contributed by atoms with Gasteiger partial charge in [-0.25, -0.2) is 9.64 Å². The third-order valence-electron chi connectivity index (χ3n) is 3.13. The summed E-state index contributed by atoms with van der Waals surface area (Å²) in [5, 5.41) is 19.2. The highest BCUT2D eigenvalue weighted by Gasteiger charge is 2.25. The molecule has 0 fully saturated rings. The summed E-state index contributed by atoms with van der Waals surface area (Å²) in [6.07, 6.45) is 0.720. The zero-order chi connectivity index (χ0) is 14.3. The third-order valence-corrected chi connectivity index (χ3v) is 4.29. The molecule has 20 heavy (non-hydrogen) atoms. The van der Waals surface area contributed by atoms with Gasteiger partial charge in [-0.3, -0.25) is 0 Å². The van der Waals surface area contributed by atoms with Crippen molar-refractivity contribution in [2.45, 2.75) is 6.42 Å². The third kappa shape index (κ3) is 1.80. The Morgan fingerprint density at radius 1 is 1.45 bits per heavy atom. The first kappa shape index (κ1) is 12.5. The Morgan fingerprint density at radius 2 is 2.25 bits per heavy atom. The van der Waals surface area contributed by atoms with E-state index >= 15 is 0 Å². The van der Waals surface area contributed by atoms with Gasteiger partial charge in [-0.1, -0.05) is 6.07 Å². The molecule has 0 spiro atoms. The first-order valence-corrected chi connectivity index (χ1v) is 6.66. The Hall–Kier alpha value is -2.52. The molecule has 2 heterocycles. The number of carboxylic acids is 1. The predicted molar refractivity (Wildman–Crippen MR) is 73.8 cm³/mol. The van der Waals surface area contributed by atoms with Crippen molar-refractivity contribution in [1.82, 2.24) is 0 Å². The fraction of sp³-hybridized carbons (Fsp3) is 0.143. The number of aromatic carboxylic acids is 1. The summed E-state index contributed by atoms with van der Waals surface area (Å²) in [5.74, 6) is -0.821. The van der Waals surface area contributed by atoms with Gasteiger partial charge in [0.2, 0.25) is 0 Å². The number of carbonyl (C=O) groups is 1. The first-order valence-electron chi connectivity index (χ1n) is 5.84. The lowest BCUT2D eigenvalue weighted by Gasteiger charge is -2.04. The number of ether oxygens (including phenoxy) is 1. The number of carboxylic acid groups (broad SMARTS) is 1. The van der Waals surface area contributed by atoms with E-state index in [0.717, 1.165) is 16.9 Å². The van der Waals surface area contributed by atoms with Gasteiger partial charge in [-0.05, 0) is 17.7 Å². The molecular formula is C14H9NO4S. The van der Waals surface area contributed by atoms with Crippen LogP contribution in [-0.2, 0) is 6.42 Å². The summed E-state index contributed by atoms with van der Waals surface area (Å²) in [6, 6.07) is 4.43. The van der Waals surface area contributed by atoms with E-state index in [9.17, 15) is 9.90 Å². The largest absolute Gasteiger partial charge is 0.507 e. The molecule has 0 saturated carbocycles. The maximum absolute atomic E-state index is 10.9. The van der Waals surface area contributed by atoms with Crippen LogP contribution in [-0.4, -0.2) is 22.8 Å². The molecule has 0 unspecified atom stereocenters. The highest BCUT2D eigenvalue weighted by molar-refractivity contribution is 7.20. The molecule has 0 radical (unpaired) electrons. The molecule has 2 N–H and O–H groups in total. The summed E-state index contributed by atoms with van der Waals surface area (Å²) in [7, 11) is 0. The van der Waals surface area contributed by atoms with Gasteiger partial charge >= 0.3 is 5.97 Å². The van der Waals surface area contributed by atoms with Crippen molar-refractivity contribution >= 4 is 22.3 Å². The van der Waals surface area contributed by atoms with Gasteiger partial charge in [-0.2, -0.15) is 0 Å². The molecule has 0 amide bonds. The summed E-state index contributed by atoms with van der Waals surface area (Å²) >= 11 is 1.30. The van der Waals surface area contributed by atoms with Crippen molar-refractivity contribution in [3.63, 3.8) is 0 Å². The maximum atomic E-state index is 10.9. The minimum absolute atomic E-state index is 0.136. The molecule has 100 valence electrons. The number of nitrogens with zero attached hydrogens (tertiary/aromatic N) is 1. The monoisotopic (exact) mass is 287 g/mol. The summed E-state index contributed by atoms with van der Waals surface area (Å²) < 4.78 is 5.45. The van der Waals surface area contributed by atoms with Crippen LogP contribution in [0.4, 0.5) is 5.00 Å². The number of thiophene rings is 1. The van der Waals surface area contributed by atoms with E-state index in [1.807, 2.05) is 0 Å². The topological polar surface area (TPSA) is 71.1 Å². The quantitative estimate of drug-likeness (QED) is 0.831. The van der Waals surface area contributed by atoms with Crippen LogP contribution < -0.4 is 4.74 Å². The fourth-order valence-electron chi connectivity index (χ4n) is 2.23. The molecule has 0 saturated heterocycles. The SMILES string of the molecule is [C-]#[N+]c1sc(-c2ccc(C(=O)O)c(O)c2)c2c1OCC2. The van der Waals surface area contributed by atoms with E-state index in [4.69, 9.17) is 16.4 Å². The molecule has 1 aliphatic rings. The number of aromatic hydroxyl groups is 1. The van der Waals surface area contributed by atoms with Crippen molar-refractivity contribution in [3.8, 4) is 21.9 Å². The van der Waals surface area contributed by atoms with Gasteiger partial charge < -0.3 is 14.9 Å². The van der Waals surface area contributed by atoms with E-state index in [2.05, 4.69) is 4.85 Å². The van der Waals surface area contributed by atoms with Crippen LogP contribution in [0.2, 0.25) is 0 Å². The highest BCUT2D eigenvalue weighted by Crippen LogP contribution is 2.50. The van der Waals surface area contributed by atoms with E-state index in [0.29, 0.717) is 22.9 Å². The van der Waals surface area contributed by atoms with Crippen molar-refractivity contribution < 1.29 is 19.7 Å². The average Bonchev–Trinajstić information content (AvgIpc) is 2.99. The zero-order valence-corrected chi connectivity index (χ0v) is 11.0. The van der Waals surface area contributed by atoms with Crippen LogP contribution in [0.5, 0.6) is 11.5 Å². The smallest absolute Gasteiger partial charge is 0.339 e. The number of phenols is 1. The van der Waals surface area contributed by atoms with E-state index in [1.165, 1.54) is 23.5 Å². The summed E-state index contributed by atoms with van der Waals surface area (Å²) in [5.41, 5.74) is 1.53. The summed E-state index contributed by atoms with van der Waals surface area (Å²) in [4.78, 5) is 15.2. The van der Waals surface area contributed by atoms with Crippen LogP contribution in [0, 0.1) is 6.57 Å². The minimum atomic E-state index is -1.17. The van der Waals surface area contributed by atoms with E-state index < -0.39 is 5.97 Å². The molecule has 1 aliphatic heterocycles. The van der Waals surface area contributed by atoms with Gasteiger partial charge in [-0.15, -0.1) is 11.3 Å². The van der Waals surface area contributed by atoms with Gasteiger partial charge in [0.25, 0.3) is 5.00 Å². The lowest BCUT2D eigenvalue weighted by molar-refractivity contribution is 0.0694. The van der Waals surface area contributed by atoms with Crippen molar-refractivity contribution in [2.24, 2.45) is 0 Å². The molecule has 1 aromatic heterocycles. The van der Waals surface area contributed by atoms with Gasteiger partial charge in [0.05, 0.1) is 13.2 Å². The molecule has 5 nitrogen and oxygen atoms in total. The standard InChI is InChI=1S/C14H9NO4S/c1-15-13-11-9(4-5-19-11)12(20-13)7-2-3-8(14(17)18)10(16)6-7/h2-3,6,16H,4-5H2,(H,17,18). The zero-order valence-electron chi connectivity index (χ0n) is 10.2. The predicted octanol–water partition coefficient (Wildman–Crippen LogP) is 3.30. The van der Waals surface area contributed by atoms with Gasteiger partial charge in [0, 0.05) is 16.9 Å². The highest BCUT2D eigenvalue weighted by atomic mass is 32.1. The Labute approximate surface area is 118 Å². The fourth-order valence-corrected chi connectivity index (χ4v) is 3.30. The molecule has 1 aromatic carbocycles. The Balaban J connectivity index is 2.13. The molecule has 3 rings (SSSR count). The van der Waals surface area contributed by atoms with Crippen molar-refractivity contribution in [2.75, 3.05) is 6.61 Å². The van der Waals surface area contributed by atoms with E-state index in [-0.39, 0.29) is 11.3 Å². The maximum Gasteiger partial charge on any atom is 0.339 e. The van der Waals surface area contributed by atoms with Crippen LogP contribution in [0.25, 0.3) is 15.3 Å². The van der Waals surface area contributed by atoms with Gasteiger partial charge in [0.15, 0.2) is 0 Å². The second kappa shape index (κ2) is 4.54. The van der Waals surface area contributed by atoms with Crippen molar-refractivity contribution in [3.05, 3.63) is 40.7 Å². The van der Waals surface area contributed by atoms with Gasteiger partial charge in [0.1, 0.15) is 17.1 Å². The molecule has 0 atom stereocenters. The number of benzene rings is 1. The van der Waals surface area contributed by atoms with E-state index in [1.54, 1.807) is 6.07 Å². The molecular weight excluding hydrogens is 278 g/mol. The van der Waals surface area contributed by atoms with Crippen LogP contribution >= 0.6 is 11.3 Å². The Morgan fingerprint density at radius 3 is 2.90 bits per heavy atom. The number of hydrogen-bond donors (Lipinski definition) is 2. The van der Waals surface area contributed by atoms with Crippen LogP contribution in [0.3, 0.4) is 0 Å². The normalized spacial score (nSPS) is 12.6. The number of rotatable bonds is 2. The second-order valence-electron chi connectivity index (χ2n) is 4.29. The van der Waals surface area contributed by atoms with Crippen molar-refractivity contribution in [1.29, 1.82) is 0 Å². The molecule has 0 bridgehead atoms. The first-order chi connectivity index (χ1) is 9.61.